The lowest BCUT2D eigenvalue weighted by Gasteiger charge is -2.40. The van der Waals surface area contributed by atoms with E-state index in [1.54, 1.807) is 7.11 Å². The molecule has 0 aromatic carbocycles. The molecule has 160 valence electrons. The zero-order chi connectivity index (χ0) is 21.3. The molecule has 3 fully saturated rings. The van der Waals surface area contributed by atoms with E-state index in [0.717, 1.165) is 26.2 Å². The molecule has 3 aliphatic carbocycles. The van der Waals surface area contributed by atoms with Gasteiger partial charge in [-0.1, -0.05) is 13.8 Å². The minimum absolute atomic E-state index is 0.0462. The van der Waals surface area contributed by atoms with Crippen LogP contribution in [0.4, 0.5) is 13.2 Å². The number of halogens is 3. The minimum Gasteiger partial charge on any atom is -0.451 e. The first-order valence-electron chi connectivity index (χ1n) is 10.2. The minimum atomic E-state index is -4.51. The maximum absolute atomic E-state index is 13.8. The first-order chi connectivity index (χ1) is 13.6. The van der Waals surface area contributed by atoms with Gasteiger partial charge in [0.05, 0.1) is 17.1 Å². The molecule has 9 heteroatoms. The first kappa shape index (κ1) is 20.5. The molecule has 0 aromatic heterocycles. The summed E-state index contributed by atoms with van der Waals surface area (Å²) in [5.74, 6) is -2.97. The van der Waals surface area contributed by atoms with E-state index in [1.807, 2.05) is 6.07 Å². The van der Waals surface area contributed by atoms with E-state index in [9.17, 15) is 18.4 Å². The Morgan fingerprint density at radius 2 is 2.07 bits per heavy atom. The Hall–Kier alpha value is -1.82. The fourth-order valence-corrected chi connectivity index (χ4v) is 6.65. The quantitative estimate of drug-likeness (QED) is 0.675. The van der Waals surface area contributed by atoms with Gasteiger partial charge < -0.3 is 15.2 Å². The average Bonchev–Trinajstić information content (AvgIpc) is 3.55. The largest absolute Gasteiger partial charge is 0.451 e. The van der Waals surface area contributed by atoms with E-state index >= 15 is 0 Å². The van der Waals surface area contributed by atoms with Crippen molar-refractivity contribution in [1.29, 1.82) is 10.8 Å². The molecule has 0 amide bonds. The van der Waals surface area contributed by atoms with Crippen LogP contribution in [0.15, 0.2) is 16.6 Å². The highest BCUT2D eigenvalue weighted by atomic mass is 19.4. The van der Waals surface area contributed by atoms with Crippen LogP contribution in [0.1, 0.15) is 33.1 Å². The number of hydrogen-bond donors (Lipinski definition) is 2. The van der Waals surface area contributed by atoms with Crippen LogP contribution in [0.5, 0.6) is 0 Å². The van der Waals surface area contributed by atoms with Crippen molar-refractivity contribution in [2.24, 2.45) is 58.2 Å². The number of nitrogens with zero attached hydrogens (tertiary/aromatic N) is 2. The molecular weight excluding hydrogens is 385 g/mol. The Labute approximate surface area is 168 Å². The highest BCUT2D eigenvalue weighted by Gasteiger charge is 2.78. The van der Waals surface area contributed by atoms with Gasteiger partial charge in [-0.3, -0.25) is 0 Å². The summed E-state index contributed by atoms with van der Waals surface area (Å²) in [5.41, 5.74) is 12.9. The van der Waals surface area contributed by atoms with Crippen molar-refractivity contribution in [3.05, 3.63) is 11.5 Å². The number of nitriles is 1. The second kappa shape index (κ2) is 6.59. The number of methoxy groups -OCH3 is 1. The molecule has 0 aromatic rings. The Morgan fingerprint density at radius 1 is 1.38 bits per heavy atom. The molecule has 6 nitrogen and oxygen atoms in total. The topological polar surface area (TPSA) is 104 Å². The van der Waals surface area contributed by atoms with Crippen LogP contribution < -0.4 is 5.73 Å². The van der Waals surface area contributed by atoms with Gasteiger partial charge in [-0.2, -0.15) is 23.5 Å². The highest BCUT2D eigenvalue weighted by molar-refractivity contribution is 5.37. The molecule has 1 heterocycles. The normalized spacial score (nSPS) is 47.1. The number of alkyl halides is 3. The van der Waals surface area contributed by atoms with E-state index in [2.05, 4.69) is 12.0 Å². The van der Waals surface area contributed by atoms with Gasteiger partial charge in [0, 0.05) is 24.9 Å². The molecule has 1 aliphatic heterocycles. The van der Waals surface area contributed by atoms with Gasteiger partial charge >= 0.3 is 6.18 Å². The summed E-state index contributed by atoms with van der Waals surface area (Å²) in [6, 6.07) is 2.02. The van der Waals surface area contributed by atoms with Gasteiger partial charge in [-0.25, -0.2) is 5.53 Å². The lowest BCUT2D eigenvalue weighted by Crippen LogP contribution is -2.47. The summed E-state index contributed by atoms with van der Waals surface area (Å²) in [5, 5.41) is 13.1. The van der Waals surface area contributed by atoms with E-state index < -0.39 is 35.8 Å². The second-order valence-corrected chi connectivity index (χ2v) is 9.21. The summed E-state index contributed by atoms with van der Waals surface area (Å²) in [6.07, 6.45) is -2.73. The number of nitrogens with one attached hydrogen (secondary N) is 1. The first-order valence-corrected chi connectivity index (χ1v) is 10.2. The summed E-state index contributed by atoms with van der Waals surface area (Å²) in [4.78, 5) is 0. The zero-order valence-electron chi connectivity index (χ0n) is 16.7. The SMILES string of the molecule is COC12C([C@@H]3C(C#N)=C(N)OC(N=N)C3C(C)C(F)(F)F)[C@@H]1C1C[C@H]1CC[C@H]2C. The Balaban J connectivity index is 1.82. The van der Waals surface area contributed by atoms with Gasteiger partial charge in [0.2, 0.25) is 12.1 Å². The van der Waals surface area contributed by atoms with Crippen molar-refractivity contribution in [3.8, 4) is 6.07 Å². The molecule has 3 saturated carbocycles. The van der Waals surface area contributed by atoms with E-state index in [4.69, 9.17) is 20.7 Å². The number of ether oxygens (including phenoxy) is 2. The Kier molecular flexibility index (Phi) is 4.65. The van der Waals surface area contributed by atoms with Crippen LogP contribution in [0, 0.1) is 64.2 Å². The predicted octanol–water partition coefficient (Wildman–Crippen LogP) is 4.20. The predicted molar refractivity (Wildman–Crippen MR) is 95.8 cm³/mol. The molecular formula is C20H27F3N4O2. The van der Waals surface area contributed by atoms with Crippen LogP contribution in [-0.2, 0) is 9.47 Å². The van der Waals surface area contributed by atoms with Crippen LogP contribution in [0.3, 0.4) is 0 Å². The van der Waals surface area contributed by atoms with Gasteiger partial charge in [-0.15, -0.1) is 0 Å². The zero-order valence-corrected chi connectivity index (χ0v) is 16.7. The summed E-state index contributed by atoms with van der Waals surface area (Å²) in [6.45, 7) is 3.17. The van der Waals surface area contributed by atoms with Crippen molar-refractivity contribution in [3.63, 3.8) is 0 Å². The fourth-order valence-electron chi connectivity index (χ4n) is 6.65. The third kappa shape index (κ3) is 2.78. The fraction of sp³-hybridized carbons (Fsp3) is 0.850. The van der Waals surface area contributed by atoms with Crippen molar-refractivity contribution in [1.82, 2.24) is 0 Å². The van der Waals surface area contributed by atoms with Crippen LogP contribution in [0.2, 0.25) is 0 Å². The van der Waals surface area contributed by atoms with Gasteiger partial charge in [0.25, 0.3) is 0 Å². The Morgan fingerprint density at radius 3 is 2.62 bits per heavy atom. The second-order valence-electron chi connectivity index (χ2n) is 9.21. The van der Waals surface area contributed by atoms with Crippen molar-refractivity contribution >= 4 is 0 Å². The molecule has 0 spiro atoms. The van der Waals surface area contributed by atoms with Crippen LogP contribution >= 0.6 is 0 Å². The van der Waals surface area contributed by atoms with Crippen molar-refractivity contribution in [2.45, 2.75) is 51.1 Å². The molecule has 0 saturated heterocycles. The lowest BCUT2D eigenvalue weighted by atomic mass is 9.71. The van der Waals surface area contributed by atoms with E-state index in [1.165, 1.54) is 0 Å². The third-order valence-corrected chi connectivity index (χ3v) is 8.17. The highest BCUT2D eigenvalue weighted by Crippen LogP contribution is 2.75. The number of hydrogen-bond acceptors (Lipinski definition) is 6. The van der Waals surface area contributed by atoms with Gasteiger partial charge in [0.15, 0.2) is 0 Å². The molecule has 29 heavy (non-hydrogen) atoms. The molecule has 0 radical (unpaired) electrons. The maximum Gasteiger partial charge on any atom is 0.392 e. The number of fused-ring (bicyclic) bond motifs is 3. The number of allylic oxidation sites excluding steroid dienone is 1. The number of nitrogens with two attached hydrogens (primary N) is 1. The standard InChI is InChI=1S/C20H27F3N4O2/c1-8-4-5-10-6-11(10)15-16(19(8,15)28-3)14-12(7-24)17(25)29-18(27-26)13(14)9(2)20(21,22)23/h8-11,13-16,18,26H,4-6,25H2,1-3H3/t8-,9?,10-,11?,13?,14-,15+,16?,18?,19?/m1/s1. The van der Waals surface area contributed by atoms with Crippen LogP contribution in [0.25, 0.3) is 0 Å². The lowest BCUT2D eigenvalue weighted by molar-refractivity contribution is -0.204. The van der Waals surface area contributed by atoms with E-state index in [0.29, 0.717) is 11.8 Å². The van der Waals surface area contributed by atoms with Gasteiger partial charge in [0.1, 0.15) is 6.07 Å². The molecule has 4 rings (SSSR count). The van der Waals surface area contributed by atoms with E-state index in [-0.39, 0.29) is 29.2 Å². The molecule has 10 atom stereocenters. The molecule has 4 aliphatic rings. The third-order valence-electron chi connectivity index (χ3n) is 8.17. The molecule has 0 bridgehead atoms. The molecule has 6 unspecified atom stereocenters. The number of rotatable bonds is 4. The Bertz CT molecular complexity index is 779. The summed E-state index contributed by atoms with van der Waals surface area (Å²) in [7, 11) is 1.62. The van der Waals surface area contributed by atoms with Gasteiger partial charge in [-0.05, 0) is 42.9 Å². The smallest absolute Gasteiger partial charge is 0.392 e. The summed E-state index contributed by atoms with van der Waals surface area (Å²) >= 11 is 0. The maximum atomic E-state index is 13.8. The average molecular weight is 412 g/mol. The summed E-state index contributed by atoms with van der Waals surface area (Å²) < 4.78 is 52.7. The molecule has 3 N–H and O–H groups in total. The monoisotopic (exact) mass is 412 g/mol. The van der Waals surface area contributed by atoms with Crippen molar-refractivity contribution < 1.29 is 22.6 Å². The van der Waals surface area contributed by atoms with Crippen LogP contribution in [-0.4, -0.2) is 25.1 Å². The van der Waals surface area contributed by atoms with Crippen molar-refractivity contribution in [2.75, 3.05) is 7.11 Å².